The third-order valence-corrected chi connectivity index (χ3v) is 8.20. The van der Waals surface area contributed by atoms with Crippen LogP contribution in [0.5, 0.6) is 11.5 Å². The van der Waals surface area contributed by atoms with Crippen LogP contribution in [0.3, 0.4) is 0 Å². The lowest BCUT2D eigenvalue weighted by Crippen LogP contribution is -2.46. The molecular formula is C23H27FN2O5S. The third kappa shape index (κ3) is 4.39. The van der Waals surface area contributed by atoms with Gasteiger partial charge in [0.25, 0.3) is 10.0 Å². The van der Waals surface area contributed by atoms with Crippen LogP contribution in [0, 0.1) is 17.7 Å². The van der Waals surface area contributed by atoms with Gasteiger partial charge in [0, 0.05) is 12.1 Å². The zero-order valence-electron chi connectivity index (χ0n) is 18.1. The van der Waals surface area contributed by atoms with E-state index in [1.807, 2.05) is 0 Å². The van der Waals surface area contributed by atoms with E-state index >= 15 is 0 Å². The number of nitrogens with one attached hydrogen (secondary N) is 1. The Hall–Kier alpha value is -2.81. The van der Waals surface area contributed by atoms with Gasteiger partial charge in [-0.05, 0) is 67.5 Å². The van der Waals surface area contributed by atoms with Gasteiger partial charge in [0.2, 0.25) is 5.91 Å². The van der Waals surface area contributed by atoms with Crippen molar-refractivity contribution in [2.24, 2.45) is 11.8 Å². The zero-order chi connectivity index (χ0) is 22.9. The summed E-state index contributed by atoms with van der Waals surface area (Å²) in [4.78, 5) is 12.8. The second-order valence-electron chi connectivity index (χ2n) is 8.35. The first-order valence-corrected chi connectivity index (χ1v) is 12.1. The Morgan fingerprint density at radius 2 is 1.78 bits per heavy atom. The molecule has 2 aromatic rings. The van der Waals surface area contributed by atoms with Crippen molar-refractivity contribution in [1.29, 1.82) is 0 Å². The first-order valence-electron chi connectivity index (χ1n) is 10.6. The lowest BCUT2D eigenvalue weighted by Gasteiger charge is -2.27. The van der Waals surface area contributed by atoms with Crippen LogP contribution in [0.1, 0.15) is 25.7 Å². The number of fused-ring (bicyclic) bond motifs is 2. The summed E-state index contributed by atoms with van der Waals surface area (Å²) in [5, 5.41) is 3.02. The maximum absolute atomic E-state index is 13.5. The average molecular weight is 463 g/mol. The van der Waals surface area contributed by atoms with Gasteiger partial charge in [-0.1, -0.05) is 6.42 Å². The van der Waals surface area contributed by atoms with Crippen LogP contribution in [0.2, 0.25) is 0 Å². The lowest BCUT2D eigenvalue weighted by molar-refractivity contribution is -0.120. The smallest absolute Gasteiger partial charge is 0.264 e. The maximum Gasteiger partial charge on any atom is 0.264 e. The highest BCUT2D eigenvalue weighted by atomic mass is 32.2. The van der Waals surface area contributed by atoms with Crippen molar-refractivity contribution in [2.75, 3.05) is 25.1 Å². The van der Waals surface area contributed by atoms with Gasteiger partial charge in [-0.2, -0.15) is 0 Å². The quantitative estimate of drug-likeness (QED) is 0.651. The molecule has 4 rings (SSSR count). The molecule has 7 nitrogen and oxygen atoms in total. The molecule has 2 saturated carbocycles. The second-order valence-corrected chi connectivity index (χ2v) is 10.2. The normalized spacial score (nSPS) is 21.9. The van der Waals surface area contributed by atoms with Crippen molar-refractivity contribution in [1.82, 2.24) is 5.32 Å². The number of amides is 1. The number of halogens is 1. The third-order valence-electron chi connectivity index (χ3n) is 6.43. The minimum Gasteiger partial charge on any atom is -0.493 e. The van der Waals surface area contributed by atoms with Gasteiger partial charge in [0.05, 0.1) is 24.8 Å². The van der Waals surface area contributed by atoms with Gasteiger partial charge in [-0.15, -0.1) is 0 Å². The molecule has 0 heterocycles. The Labute approximate surface area is 187 Å². The minimum atomic E-state index is -4.15. The molecule has 3 atom stereocenters. The molecule has 0 unspecified atom stereocenters. The summed E-state index contributed by atoms with van der Waals surface area (Å²) in [6, 6.07) is 9.33. The Kier molecular flexibility index (Phi) is 6.28. The molecule has 0 spiro atoms. The fourth-order valence-corrected chi connectivity index (χ4v) is 6.27. The highest BCUT2D eigenvalue weighted by molar-refractivity contribution is 7.92. The highest BCUT2D eigenvalue weighted by Crippen LogP contribution is 2.44. The van der Waals surface area contributed by atoms with Crippen molar-refractivity contribution < 1.29 is 27.1 Å². The molecule has 1 amide bonds. The molecule has 32 heavy (non-hydrogen) atoms. The van der Waals surface area contributed by atoms with Crippen molar-refractivity contribution >= 4 is 21.6 Å². The summed E-state index contributed by atoms with van der Waals surface area (Å²) in [6.07, 6.45) is 4.36. The number of benzene rings is 2. The van der Waals surface area contributed by atoms with Gasteiger partial charge in [0.15, 0.2) is 11.5 Å². The van der Waals surface area contributed by atoms with Crippen LogP contribution in [-0.2, 0) is 14.8 Å². The topological polar surface area (TPSA) is 84.9 Å². The van der Waals surface area contributed by atoms with Crippen molar-refractivity contribution in [2.45, 2.75) is 36.6 Å². The fraction of sp³-hybridized carbons (Fsp3) is 0.435. The summed E-state index contributed by atoms with van der Waals surface area (Å²) >= 11 is 0. The Morgan fingerprint density at radius 3 is 2.38 bits per heavy atom. The molecule has 0 aliphatic heterocycles. The SMILES string of the molecule is COc1ccc(S(=O)(=O)N(CC(=O)N[C@H]2C[C@@H]3CC[C@@H]2C3)c2ccc(F)cc2)cc1OC. The number of carbonyl (C=O) groups is 1. The molecule has 2 bridgehead atoms. The minimum absolute atomic E-state index is 0.0628. The highest BCUT2D eigenvalue weighted by Gasteiger charge is 2.40. The van der Waals surface area contributed by atoms with Crippen LogP contribution >= 0.6 is 0 Å². The Balaban J connectivity index is 1.63. The standard InChI is InChI=1S/C23H27FN2O5S/c1-30-21-10-9-19(13-22(21)31-2)32(28,29)26(18-7-5-17(24)6-8-18)14-23(27)25-20-12-15-3-4-16(20)11-15/h5-10,13,15-16,20H,3-4,11-12,14H2,1-2H3,(H,25,27)/t15-,16-,20+/m1/s1. The summed E-state index contributed by atoms with van der Waals surface area (Å²) in [7, 11) is -1.28. The van der Waals surface area contributed by atoms with E-state index in [0.717, 1.165) is 23.6 Å². The van der Waals surface area contributed by atoms with E-state index in [-0.39, 0.29) is 28.3 Å². The molecule has 0 saturated heterocycles. The van der Waals surface area contributed by atoms with E-state index in [2.05, 4.69) is 5.32 Å². The predicted octanol–water partition coefficient (Wildman–Crippen LogP) is 3.34. The summed E-state index contributed by atoms with van der Waals surface area (Å²) in [5.74, 6) is 0.868. The first kappa shape index (κ1) is 22.4. The molecule has 172 valence electrons. The molecule has 2 aliphatic carbocycles. The summed E-state index contributed by atoms with van der Waals surface area (Å²) in [6.45, 7) is -0.407. The number of anilines is 1. The molecule has 2 aliphatic rings. The lowest BCUT2D eigenvalue weighted by atomic mass is 9.95. The number of methoxy groups -OCH3 is 2. The van der Waals surface area contributed by atoms with Crippen LogP contribution in [0.15, 0.2) is 47.4 Å². The van der Waals surface area contributed by atoms with E-state index in [1.54, 1.807) is 0 Å². The summed E-state index contributed by atoms with van der Waals surface area (Å²) < 4.78 is 52.0. The number of hydrogen-bond donors (Lipinski definition) is 1. The largest absolute Gasteiger partial charge is 0.493 e. The fourth-order valence-electron chi connectivity index (χ4n) is 4.83. The number of hydrogen-bond acceptors (Lipinski definition) is 5. The average Bonchev–Trinajstić information content (AvgIpc) is 3.41. The van der Waals surface area contributed by atoms with Crippen molar-refractivity contribution in [3.63, 3.8) is 0 Å². The van der Waals surface area contributed by atoms with Gasteiger partial charge >= 0.3 is 0 Å². The van der Waals surface area contributed by atoms with Crippen molar-refractivity contribution in [3.8, 4) is 11.5 Å². The van der Waals surface area contributed by atoms with Crippen molar-refractivity contribution in [3.05, 3.63) is 48.3 Å². The van der Waals surface area contributed by atoms with Crippen LogP contribution < -0.4 is 19.1 Å². The van der Waals surface area contributed by atoms with Crippen LogP contribution in [-0.4, -0.2) is 41.1 Å². The Morgan fingerprint density at radius 1 is 1.06 bits per heavy atom. The van der Waals surface area contributed by atoms with E-state index in [9.17, 15) is 17.6 Å². The molecule has 2 aromatic carbocycles. The number of rotatable bonds is 8. The van der Waals surface area contributed by atoms with Gasteiger partial charge in [-0.25, -0.2) is 12.8 Å². The molecule has 0 aromatic heterocycles. The molecular weight excluding hydrogens is 435 g/mol. The number of carbonyl (C=O) groups excluding carboxylic acids is 1. The first-order chi connectivity index (χ1) is 15.3. The van der Waals surface area contributed by atoms with E-state index in [0.29, 0.717) is 17.6 Å². The van der Waals surface area contributed by atoms with E-state index in [1.165, 1.54) is 63.1 Å². The second kappa shape index (κ2) is 8.97. The number of nitrogens with zero attached hydrogens (tertiary/aromatic N) is 1. The molecule has 1 N–H and O–H groups in total. The predicted molar refractivity (Wildman–Crippen MR) is 118 cm³/mol. The Bertz CT molecular complexity index is 1090. The number of sulfonamides is 1. The van der Waals surface area contributed by atoms with E-state index < -0.39 is 22.4 Å². The van der Waals surface area contributed by atoms with Gasteiger partial charge in [-0.3, -0.25) is 9.10 Å². The zero-order valence-corrected chi connectivity index (χ0v) is 18.9. The van der Waals surface area contributed by atoms with Crippen LogP contribution in [0.4, 0.5) is 10.1 Å². The molecule has 9 heteroatoms. The number of ether oxygens (including phenoxy) is 2. The maximum atomic E-state index is 13.5. The van der Waals surface area contributed by atoms with Gasteiger partial charge in [0.1, 0.15) is 12.4 Å². The molecule has 2 fully saturated rings. The van der Waals surface area contributed by atoms with Gasteiger partial charge < -0.3 is 14.8 Å². The van der Waals surface area contributed by atoms with E-state index in [4.69, 9.17) is 9.47 Å². The molecule has 0 radical (unpaired) electrons. The van der Waals surface area contributed by atoms with Crippen LogP contribution in [0.25, 0.3) is 0 Å². The summed E-state index contributed by atoms with van der Waals surface area (Å²) in [5.41, 5.74) is 0.198. The monoisotopic (exact) mass is 462 g/mol.